The summed E-state index contributed by atoms with van der Waals surface area (Å²) in [5.74, 6) is 1.29. The highest BCUT2D eigenvalue weighted by Gasteiger charge is 2.40. The van der Waals surface area contributed by atoms with Crippen molar-refractivity contribution in [2.24, 2.45) is 5.41 Å². The fraction of sp³-hybridized carbons (Fsp3) is 0.391. The maximum Gasteiger partial charge on any atom is 0.223 e. The lowest BCUT2D eigenvalue weighted by molar-refractivity contribution is 0.283. The zero-order chi connectivity index (χ0) is 19.4. The average molecular weight is 361 g/mol. The van der Waals surface area contributed by atoms with Gasteiger partial charge in [0.05, 0.1) is 5.41 Å². The molecule has 0 fully saturated rings. The van der Waals surface area contributed by atoms with Gasteiger partial charge in [0.2, 0.25) is 5.89 Å². The Morgan fingerprint density at radius 2 is 1.78 bits per heavy atom. The van der Waals surface area contributed by atoms with Crippen LogP contribution in [-0.2, 0) is 11.8 Å². The molecule has 0 amide bonds. The monoisotopic (exact) mass is 361 g/mol. The maximum atomic E-state index is 6.78. The zero-order valence-corrected chi connectivity index (χ0v) is 16.8. The van der Waals surface area contributed by atoms with Gasteiger partial charge in [0.15, 0.2) is 5.82 Å². The normalized spacial score (nSPS) is 15.3. The molecule has 1 unspecified atom stereocenters. The maximum absolute atomic E-state index is 6.78. The van der Waals surface area contributed by atoms with Gasteiger partial charge >= 0.3 is 0 Å². The molecule has 0 saturated heterocycles. The summed E-state index contributed by atoms with van der Waals surface area (Å²) in [6.07, 6.45) is 1.75. The Labute approximate surface area is 160 Å². The van der Waals surface area contributed by atoms with Crippen LogP contribution in [0.2, 0.25) is 0 Å². The molecule has 0 bridgehead atoms. The number of anilines is 1. The predicted octanol–water partition coefficient (Wildman–Crippen LogP) is 5.27. The molecule has 1 aliphatic rings. The average Bonchev–Trinajstić information content (AvgIpc) is 3.18. The third kappa shape index (κ3) is 2.93. The Morgan fingerprint density at radius 3 is 2.44 bits per heavy atom. The van der Waals surface area contributed by atoms with E-state index in [2.05, 4.69) is 74.2 Å². The number of hydrogen-bond acceptors (Lipinski definition) is 4. The van der Waals surface area contributed by atoms with E-state index in [0.29, 0.717) is 11.7 Å². The standard InChI is InChI=1S/C23H27N3O/c1-14-25-21(26-27-14)23(5,13-22(2,3)4)19-11-10-17-16-9-7-6-8-15(16)12-18(17)20(19)24/h6-11H,12-13,24H2,1-5H3. The van der Waals surface area contributed by atoms with Crippen molar-refractivity contribution in [3.63, 3.8) is 0 Å². The van der Waals surface area contributed by atoms with Crippen LogP contribution in [0.4, 0.5) is 5.69 Å². The van der Waals surface area contributed by atoms with Crippen molar-refractivity contribution in [2.45, 2.75) is 52.9 Å². The highest BCUT2D eigenvalue weighted by atomic mass is 16.5. The van der Waals surface area contributed by atoms with E-state index in [4.69, 9.17) is 10.3 Å². The molecule has 1 heterocycles. The van der Waals surface area contributed by atoms with Gasteiger partial charge in [0.25, 0.3) is 0 Å². The molecule has 0 spiro atoms. The summed E-state index contributed by atoms with van der Waals surface area (Å²) in [4.78, 5) is 4.58. The molecule has 2 aromatic carbocycles. The summed E-state index contributed by atoms with van der Waals surface area (Å²) in [6.45, 7) is 10.7. The Hall–Kier alpha value is -2.62. The summed E-state index contributed by atoms with van der Waals surface area (Å²) in [5, 5.41) is 4.28. The lowest BCUT2D eigenvalue weighted by Crippen LogP contribution is -2.32. The molecular weight excluding hydrogens is 334 g/mol. The molecule has 140 valence electrons. The number of benzene rings is 2. The van der Waals surface area contributed by atoms with Crippen LogP contribution in [0.25, 0.3) is 11.1 Å². The first-order valence-electron chi connectivity index (χ1n) is 9.50. The first-order chi connectivity index (χ1) is 12.7. The topological polar surface area (TPSA) is 64.9 Å². The summed E-state index contributed by atoms with van der Waals surface area (Å²) in [5.41, 5.74) is 13.5. The van der Waals surface area contributed by atoms with Crippen LogP contribution in [0.1, 0.15) is 62.5 Å². The number of hydrogen-bond donors (Lipinski definition) is 1. The van der Waals surface area contributed by atoms with Crippen molar-refractivity contribution in [2.75, 3.05) is 5.73 Å². The summed E-state index contributed by atoms with van der Waals surface area (Å²) < 4.78 is 5.33. The highest BCUT2D eigenvalue weighted by molar-refractivity contribution is 5.83. The third-order valence-corrected chi connectivity index (χ3v) is 5.53. The number of rotatable bonds is 3. The van der Waals surface area contributed by atoms with Crippen LogP contribution >= 0.6 is 0 Å². The first-order valence-corrected chi connectivity index (χ1v) is 9.50. The molecule has 2 N–H and O–H groups in total. The lowest BCUT2D eigenvalue weighted by Gasteiger charge is -2.35. The molecule has 4 rings (SSSR count). The van der Waals surface area contributed by atoms with Gasteiger partial charge in [0.1, 0.15) is 0 Å². The van der Waals surface area contributed by atoms with Crippen LogP contribution in [-0.4, -0.2) is 10.1 Å². The molecular formula is C23H27N3O. The molecule has 27 heavy (non-hydrogen) atoms. The van der Waals surface area contributed by atoms with Gasteiger partial charge in [-0.3, -0.25) is 0 Å². The van der Waals surface area contributed by atoms with Crippen molar-refractivity contribution in [3.05, 3.63) is 64.8 Å². The second kappa shape index (κ2) is 5.95. The molecule has 0 aliphatic heterocycles. The molecule has 1 aliphatic carbocycles. The van der Waals surface area contributed by atoms with E-state index in [1.807, 2.05) is 6.92 Å². The van der Waals surface area contributed by atoms with Gasteiger partial charge in [0, 0.05) is 19.0 Å². The Kier molecular flexibility index (Phi) is 3.91. The smallest absolute Gasteiger partial charge is 0.223 e. The quantitative estimate of drug-likeness (QED) is 0.505. The van der Waals surface area contributed by atoms with E-state index in [-0.39, 0.29) is 5.41 Å². The molecule has 1 aromatic heterocycles. The van der Waals surface area contributed by atoms with Crippen molar-refractivity contribution in [1.82, 2.24) is 10.1 Å². The van der Waals surface area contributed by atoms with Crippen LogP contribution in [0.5, 0.6) is 0 Å². The van der Waals surface area contributed by atoms with Gasteiger partial charge < -0.3 is 10.3 Å². The summed E-state index contributed by atoms with van der Waals surface area (Å²) >= 11 is 0. The number of nitrogen functional groups attached to an aromatic ring is 1. The van der Waals surface area contributed by atoms with Gasteiger partial charge in [-0.25, -0.2) is 0 Å². The van der Waals surface area contributed by atoms with Crippen molar-refractivity contribution in [1.29, 1.82) is 0 Å². The molecule has 4 nitrogen and oxygen atoms in total. The number of aromatic nitrogens is 2. The highest BCUT2D eigenvalue weighted by Crippen LogP contribution is 2.47. The van der Waals surface area contributed by atoms with E-state index >= 15 is 0 Å². The van der Waals surface area contributed by atoms with Crippen molar-refractivity contribution in [3.8, 4) is 11.1 Å². The Morgan fingerprint density at radius 1 is 1.04 bits per heavy atom. The van der Waals surface area contributed by atoms with Crippen LogP contribution in [0, 0.1) is 12.3 Å². The van der Waals surface area contributed by atoms with Gasteiger partial charge in [-0.05, 0) is 46.6 Å². The van der Waals surface area contributed by atoms with E-state index in [9.17, 15) is 0 Å². The number of nitrogens with zero attached hydrogens (tertiary/aromatic N) is 2. The molecule has 0 saturated carbocycles. The van der Waals surface area contributed by atoms with Crippen LogP contribution < -0.4 is 5.73 Å². The Bertz CT molecular complexity index is 1010. The van der Waals surface area contributed by atoms with Gasteiger partial charge in [-0.15, -0.1) is 0 Å². The first kappa shape index (κ1) is 17.8. The fourth-order valence-electron chi connectivity index (χ4n) is 4.60. The Balaban J connectivity index is 1.88. The zero-order valence-electron chi connectivity index (χ0n) is 16.8. The minimum atomic E-state index is -0.413. The second-order valence-electron chi connectivity index (χ2n) is 9.09. The van der Waals surface area contributed by atoms with Crippen molar-refractivity contribution >= 4 is 5.69 Å². The van der Waals surface area contributed by atoms with E-state index in [1.165, 1.54) is 22.3 Å². The number of nitrogens with two attached hydrogens (primary N) is 1. The van der Waals surface area contributed by atoms with Crippen LogP contribution in [0.15, 0.2) is 40.9 Å². The molecule has 0 radical (unpaired) electrons. The summed E-state index contributed by atoms with van der Waals surface area (Å²) in [6, 6.07) is 12.9. The van der Waals surface area contributed by atoms with E-state index < -0.39 is 5.41 Å². The number of fused-ring (bicyclic) bond motifs is 3. The SMILES string of the molecule is Cc1nc(C(C)(CC(C)(C)C)c2ccc3c(c2N)Cc2ccccc2-3)no1. The van der Waals surface area contributed by atoms with E-state index in [0.717, 1.165) is 24.1 Å². The molecule has 4 heteroatoms. The third-order valence-electron chi connectivity index (χ3n) is 5.53. The largest absolute Gasteiger partial charge is 0.398 e. The minimum absolute atomic E-state index is 0.0811. The molecule has 1 atom stereocenters. The van der Waals surface area contributed by atoms with Crippen molar-refractivity contribution < 1.29 is 4.52 Å². The summed E-state index contributed by atoms with van der Waals surface area (Å²) in [7, 11) is 0. The van der Waals surface area contributed by atoms with E-state index in [1.54, 1.807) is 0 Å². The minimum Gasteiger partial charge on any atom is -0.398 e. The second-order valence-corrected chi connectivity index (χ2v) is 9.09. The van der Waals surface area contributed by atoms with Gasteiger partial charge in [-0.1, -0.05) is 62.3 Å². The van der Waals surface area contributed by atoms with Gasteiger partial charge in [-0.2, -0.15) is 4.98 Å². The predicted molar refractivity (Wildman–Crippen MR) is 109 cm³/mol. The molecule has 3 aromatic rings. The van der Waals surface area contributed by atoms with Crippen LogP contribution in [0.3, 0.4) is 0 Å². The fourth-order valence-corrected chi connectivity index (χ4v) is 4.60. The number of aryl methyl sites for hydroxylation is 1. The lowest BCUT2D eigenvalue weighted by atomic mass is 9.69.